The standard InChI is InChI=1S/C18H25N3O2S/c1-3-4-10-21(11-5-12-22)18(23)20-16-8-6-15(7-9-16)17-13-24-14(2)19-17/h6-9,13,22H,3-5,10-12H2,1-2H3,(H,20,23). The maximum absolute atomic E-state index is 12.4. The number of aliphatic hydroxyl groups is 1. The van der Waals surface area contributed by atoms with Gasteiger partial charge in [0.1, 0.15) is 0 Å². The van der Waals surface area contributed by atoms with Crippen molar-refractivity contribution >= 4 is 23.1 Å². The molecule has 2 amide bonds. The van der Waals surface area contributed by atoms with Gasteiger partial charge in [-0.3, -0.25) is 0 Å². The molecule has 6 heteroatoms. The quantitative estimate of drug-likeness (QED) is 0.754. The smallest absolute Gasteiger partial charge is 0.321 e. The van der Waals surface area contributed by atoms with Crippen molar-refractivity contribution in [2.45, 2.75) is 33.1 Å². The lowest BCUT2D eigenvalue weighted by Gasteiger charge is -2.22. The zero-order chi connectivity index (χ0) is 17.4. The van der Waals surface area contributed by atoms with Gasteiger partial charge in [-0.15, -0.1) is 11.3 Å². The predicted octanol–water partition coefficient (Wildman–Crippen LogP) is 4.13. The number of amides is 2. The van der Waals surface area contributed by atoms with E-state index in [2.05, 4.69) is 17.2 Å². The Morgan fingerprint density at radius 2 is 1.96 bits per heavy atom. The summed E-state index contributed by atoms with van der Waals surface area (Å²) in [5.74, 6) is 0. The van der Waals surface area contributed by atoms with Crippen LogP contribution in [-0.2, 0) is 0 Å². The molecule has 0 aliphatic rings. The average Bonchev–Trinajstić information content (AvgIpc) is 3.02. The maximum atomic E-state index is 12.4. The van der Waals surface area contributed by atoms with Gasteiger partial charge in [-0.2, -0.15) is 0 Å². The number of thiazole rings is 1. The first-order chi connectivity index (χ1) is 11.6. The van der Waals surface area contributed by atoms with Crippen LogP contribution in [0.4, 0.5) is 10.5 Å². The first-order valence-corrected chi connectivity index (χ1v) is 9.21. The zero-order valence-corrected chi connectivity index (χ0v) is 15.1. The Balaban J connectivity index is 1.98. The van der Waals surface area contributed by atoms with E-state index in [4.69, 9.17) is 5.11 Å². The molecule has 1 aromatic carbocycles. The van der Waals surface area contributed by atoms with Gasteiger partial charge in [-0.1, -0.05) is 25.5 Å². The normalized spacial score (nSPS) is 10.6. The molecule has 2 rings (SSSR count). The summed E-state index contributed by atoms with van der Waals surface area (Å²) >= 11 is 1.63. The number of hydrogen-bond acceptors (Lipinski definition) is 4. The van der Waals surface area contributed by atoms with E-state index in [0.717, 1.165) is 34.8 Å². The predicted molar refractivity (Wildman–Crippen MR) is 99.5 cm³/mol. The molecule has 130 valence electrons. The largest absolute Gasteiger partial charge is 0.396 e. The minimum Gasteiger partial charge on any atom is -0.396 e. The molecule has 24 heavy (non-hydrogen) atoms. The summed E-state index contributed by atoms with van der Waals surface area (Å²) in [4.78, 5) is 18.6. The number of urea groups is 1. The number of nitrogens with one attached hydrogen (secondary N) is 1. The molecule has 1 heterocycles. The van der Waals surface area contributed by atoms with Crippen molar-refractivity contribution in [2.24, 2.45) is 0 Å². The third kappa shape index (κ3) is 5.32. The van der Waals surface area contributed by atoms with E-state index in [1.807, 2.05) is 36.6 Å². The molecule has 0 unspecified atom stereocenters. The van der Waals surface area contributed by atoms with Crippen molar-refractivity contribution in [2.75, 3.05) is 25.0 Å². The Morgan fingerprint density at radius 1 is 1.25 bits per heavy atom. The van der Waals surface area contributed by atoms with Crippen LogP contribution in [0.1, 0.15) is 31.2 Å². The number of carbonyl (C=O) groups excluding carboxylic acids is 1. The molecule has 2 N–H and O–H groups in total. The lowest BCUT2D eigenvalue weighted by atomic mass is 10.1. The average molecular weight is 347 g/mol. The molecule has 0 saturated carbocycles. The molecule has 5 nitrogen and oxygen atoms in total. The van der Waals surface area contributed by atoms with Gasteiger partial charge in [0.05, 0.1) is 10.7 Å². The lowest BCUT2D eigenvalue weighted by Crippen LogP contribution is -2.36. The fraction of sp³-hybridized carbons (Fsp3) is 0.444. The number of hydrogen-bond donors (Lipinski definition) is 2. The highest BCUT2D eigenvalue weighted by molar-refractivity contribution is 7.09. The molecular weight excluding hydrogens is 322 g/mol. The first kappa shape index (κ1) is 18.4. The highest BCUT2D eigenvalue weighted by Crippen LogP contribution is 2.23. The van der Waals surface area contributed by atoms with Crippen molar-refractivity contribution in [1.82, 2.24) is 9.88 Å². The topological polar surface area (TPSA) is 65.5 Å². The minimum atomic E-state index is -0.117. The summed E-state index contributed by atoms with van der Waals surface area (Å²) in [7, 11) is 0. The number of aliphatic hydroxyl groups excluding tert-OH is 1. The summed E-state index contributed by atoms with van der Waals surface area (Å²) in [5, 5.41) is 15.0. The number of anilines is 1. The molecule has 0 aliphatic carbocycles. The molecule has 0 spiro atoms. The number of rotatable bonds is 8. The second-order valence-electron chi connectivity index (χ2n) is 5.68. The van der Waals surface area contributed by atoms with Crippen molar-refractivity contribution < 1.29 is 9.90 Å². The van der Waals surface area contributed by atoms with E-state index in [-0.39, 0.29) is 12.6 Å². The van der Waals surface area contributed by atoms with Crippen molar-refractivity contribution in [3.63, 3.8) is 0 Å². The van der Waals surface area contributed by atoms with Crippen LogP contribution in [-0.4, -0.2) is 40.7 Å². The van der Waals surface area contributed by atoms with Crippen LogP contribution in [0.25, 0.3) is 11.3 Å². The summed E-state index contributed by atoms with van der Waals surface area (Å²) in [6, 6.07) is 7.61. The van der Waals surface area contributed by atoms with Crippen LogP contribution in [0.15, 0.2) is 29.6 Å². The number of aromatic nitrogens is 1. The zero-order valence-electron chi connectivity index (χ0n) is 14.3. The molecule has 0 saturated heterocycles. The van der Waals surface area contributed by atoms with Gasteiger partial charge in [0.25, 0.3) is 0 Å². The van der Waals surface area contributed by atoms with E-state index in [1.54, 1.807) is 16.2 Å². The number of benzene rings is 1. The fourth-order valence-electron chi connectivity index (χ4n) is 2.35. The van der Waals surface area contributed by atoms with Gasteiger partial charge in [0, 0.05) is 36.3 Å². The number of nitrogens with zero attached hydrogens (tertiary/aromatic N) is 2. The van der Waals surface area contributed by atoms with Crippen LogP contribution in [0, 0.1) is 6.92 Å². The van der Waals surface area contributed by atoms with Gasteiger partial charge in [-0.25, -0.2) is 9.78 Å². The van der Waals surface area contributed by atoms with E-state index in [0.29, 0.717) is 19.5 Å². The summed E-state index contributed by atoms with van der Waals surface area (Å²) in [5.41, 5.74) is 2.77. The van der Waals surface area contributed by atoms with Crippen LogP contribution < -0.4 is 5.32 Å². The Labute approximate surface area is 147 Å². The fourth-order valence-corrected chi connectivity index (χ4v) is 2.97. The lowest BCUT2D eigenvalue weighted by molar-refractivity contribution is 0.201. The highest BCUT2D eigenvalue weighted by Gasteiger charge is 2.13. The van der Waals surface area contributed by atoms with E-state index in [9.17, 15) is 4.79 Å². The van der Waals surface area contributed by atoms with E-state index in [1.165, 1.54) is 0 Å². The molecule has 0 aliphatic heterocycles. The minimum absolute atomic E-state index is 0.0949. The van der Waals surface area contributed by atoms with Crippen molar-refractivity contribution in [3.05, 3.63) is 34.7 Å². The summed E-state index contributed by atoms with van der Waals surface area (Å²) < 4.78 is 0. The number of carbonyl (C=O) groups is 1. The first-order valence-electron chi connectivity index (χ1n) is 8.33. The summed E-state index contributed by atoms with van der Waals surface area (Å²) in [6.07, 6.45) is 2.59. The van der Waals surface area contributed by atoms with Crippen LogP contribution in [0.3, 0.4) is 0 Å². The second kappa shape index (κ2) is 9.39. The van der Waals surface area contributed by atoms with Gasteiger partial charge in [0.15, 0.2) is 0 Å². The molecule has 0 radical (unpaired) electrons. The molecule has 2 aromatic rings. The highest BCUT2D eigenvalue weighted by atomic mass is 32.1. The Kier molecular flexibility index (Phi) is 7.21. The van der Waals surface area contributed by atoms with Crippen LogP contribution in [0.2, 0.25) is 0 Å². The molecule has 0 atom stereocenters. The van der Waals surface area contributed by atoms with Crippen molar-refractivity contribution in [1.29, 1.82) is 0 Å². The van der Waals surface area contributed by atoms with Crippen LogP contribution >= 0.6 is 11.3 Å². The number of aryl methyl sites for hydroxylation is 1. The maximum Gasteiger partial charge on any atom is 0.321 e. The van der Waals surface area contributed by atoms with E-state index < -0.39 is 0 Å². The SMILES string of the molecule is CCCCN(CCCO)C(=O)Nc1ccc(-c2csc(C)n2)cc1. The molecule has 0 bridgehead atoms. The van der Waals surface area contributed by atoms with Crippen LogP contribution in [0.5, 0.6) is 0 Å². The van der Waals surface area contributed by atoms with Gasteiger partial charge >= 0.3 is 6.03 Å². The van der Waals surface area contributed by atoms with Gasteiger partial charge in [-0.05, 0) is 31.9 Å². The third-order valence-electron chi connectivity index (χ3n) is 3.71. The van der Waals surface area contributed by atoms with Gasteiger partial charge in [0.2, 0.25) is 0 Å². The monoisotopic (exact) mass is 347 g/mol. The Morgan fingerprint density at radius 3 is 2.54 bits per heavy atom. The molecule has 1 aromatic heterocycles. The number of unbranched alkanes of at least 4 members (excludes halogenated alkanes) is 1. The third-order valence-corrected chi connectivity index (χ3v) is 4.48. The summed E-state index contributed by atoms with van der Waals surface area (Å²) in [6.45, 7) is 5.45. The Hall–Kier alpha value is -1.92. The Bertz CT molecular complexity index is 632. The van der Waals surface area contributed by atoms with E-state index >= 15 is 0 Å². The van der Waals surface area contributed by atoms with Gasteiger partial charge < -0.3 is 15.3 Å². The molecule has 0 fully saturated rings. The molecular formula is C18H25N3O2S. The van der Waals surface area contributed by atoms with Crippen molar-refractivity contribution in [3.8, 4) is 11.3 Å². The second-order valence-corrected chi connectivity index (χ2v) is 6.74.